The van der Waals surface area contributed by atoms with Crippen molar-refractivity contribution in [3.8, 4) is 17.2 Å². The van der Waals surface area contributed by atoms with Crippen LogP contribution in [0.5, 0.6) is 17.2 Å². The van der Waals surface area contributed by atoms with Crippen LogP contribution in [0.25, 0.3) is 0 Å². The van der Waals surface area contributed by atoms with Gasteiger partial charge in [0, 0.05) is 10.5 Å². The third-order valence-electron chi connectivity index (χ3n) is 2.36. The van der Waals surface area contributed by atoms with Gasteiger partial charge < -0.3 is 9.47 Å². The number of non-ortho nitro benzene ring substituents is 1. The SMILES string of the molecule is COc1ccccc1Oc1cc(Br)cc([N+](=O)[O-])c1. The molecule has 0 saturated heterocycles. The van der Waals surface area contributed by atoms with E-state index in [0.29, 0.717) is 21.7 Å². The molecular formula is C13H10BrNO4. The lowest BCUT2D eigenvalue weighted by molar-refractivity contribution is -0.385. The van der Waals surface area contributed by atoms with Gasteiger partial charge in [0.05, 0.1) is 18.1 Å². The number of nitro groups is 1. The lowest BCUT2D eigenvalue weighted by Crippen LogP contribution is -1.92. The number of nitro benzene ring substituents is 1. The van der Waals surface area contributed by atoms with E-state index in [0.717, 1.165) is 0 Å². The second kappa shape index (κ2) is 5.71. The molecule has 0 aliphatic rings. The zero-order valence-corrected chi connectivity index (χ0v) is 11.6. The summed E-state index contributed by atoms with van der Waals surface area (Å²) in [5.74, 6) is 1.42. The minimum absolute atomic E-state index is 0.0423. The highest BCUT2D eigenvalue weighted by Gasteiger charge is 2.11. The summed E-state index contributed by atoms with van der Waals surface area (Å²) in [5, 5.41) is 10.8. The van der Waals surface area contributed by atoms with Gasteiger partial charge in [0.15, 0.2) is 11.5 Å². The summed E-state index contributed by atoms with van der Waals surface area (Å²) in [6.45, 7) is 0. The van der Waals surface area contributed by atoms with Crippen LogP contribution in [-0.4, -0.2) is 12.0 Å². The van der Waals surface area contributed by atoms with Crippen molar-refractivity contribution in [3.63, 3.8) is 0 Å². The molecule has 0 aromatic heterocycles. The minimum atomic E-state index is -0.472. The fraction of sp³-hybridized carbons (Fsp3) is 0.0769. The van der Waals surface area contributed by atoms with Gasteiger partial charge >= 0.3 is 0 Å². The molecule has 2 rings (SSSR count). The van der Waals surface area contributed by atoms with Crippen LogP contribution < -0.4 is 9.47 Å². The number of ether oxygens (including phenoxy) is 2. The molecule has 0 fully saturated rings. The van der Waals surface area contributed by atoms with Gasteiger partial charge in [-0.25, -0.2) is 0 Å². The van der Waals surface area contributed by atoms with Crippen LogP contribution in [0.15, 0.2) is 46.9 Å². The van der Waals surface area contributed by atoms with Crippen LogP contribution in [0.3, 0.4) is 0 Å². The normalized spacial score (nSPS) is 10.0. The maximum atomic E-state index is 10.8. The first-order chi connectivity index (χ1) is 9.10. The van der Waals surface area contributed by atoms with Crippen molar-refractivity contribution in [2.45, 2.75) is 0 Å². The Hall–Kier alpha value is -2.08. The van der Waals surface area contributed by atoms with Crippen LogP contribution in [0, 0.1) is 10.1 Å². The summed E-state index contributed by atoms with van der Waals surface area (Å²) in [6, 6.07) is 11.5. The van der Waals surface area contributed by atoms with Crippen LogP contribution in [0.4, 0.5) is 5.69 Å². The van der Waals surface area contributed by atoms with Gasteiger partial charge in [-0.1, -0.05) is 28.1 Å². The van der Waals surface area contributed by atoms with Crippen LogP contribution >= 0.6 is 15.9 Å². The predicted octanol–water partition coefficient (Wildman–Crippen LogP) is 4.16. The molecule has 0 unspecified atom stereocenters. The van der Waals surface area contributed by atoms with E-state index in [1.165, 1.54) is 19.2 Å². The number of hydrogen-bond acceptors (Lipinski definition) is 4. The van der Waals surface area contributed by atoms with Crippen molar-refractivity contribution >= 4 is 21.6 Å². The topological polar surface area (TPSA) is 61.6 Å². The lowest BCUT2D eigenvalue weighted by atomic mass is 10.3. The van der Waals surface area contributed by atoms with E-state index >= 15 is 0 Å². The number of rotatable bonds is 4. The van der Waals surface area contributed by atoms with Gasteiger partial charge in [-0.15, -0.1) is 0 Å². The van der Waals surface area contributed by atoms with Crippen molar-refractivity contribution in [3.05, 3.63) is 57.1 Å². The summed E-state index contributed by atoms with van der Waals surface area (Å²) >= 11 is 3.21. The van der Waals surface area contributed by atoms with Gasteiger partial charge in [0.2, 0.25) is 0 Å². The minimum Gasteiger partial charge on any atom is -0.493 e. The summed E-state index contributed by atoms with van der Waals surface area (Å²) in [4.78, 5) is 10.3. The largest absolute Gasteiger partial charge is 0.493 e. The van der Waals surface area contributed by atoms with Crippen molar-refractivity contribution in [1.82, 2.24) is 0 Å². The molecule has 19 heavy (non-hydrogen) atoms. The van der Waals surface area contributed by atoms with E-state index in [4.69, 9.17) is 9.47 Å². The Bertz CT molecular complexity index is 615. The van der Waals surface area contributed by atoms with Crippen LogP contribution in [0.2, 0.25) is 0 Å². The molecule has 6 heteroatoms. The maximum absolute atomic E-state index is 10.8. The first kappa shape index (κ1) is 13.4. The fourth-order valence-electron chi connectivity index (χ4n) is 1.54. The average molecular weight is 324 g/mol. The highest BCUT2D eigenvalue weighted by molar-refractivity contribution is 9.10. The number of hydrogen-bond donors (Lipinski definition) is 0. The number of para-hydroxylation sites is 2. The monoisotopic (exact) mass is 323 g/mol. The third-order valence-corrected chi connectivity index (χ3v) is 2.82. The average Bonchev–Trinajstić information content (AvgIpc) is 2.38. The Kier molecular flexibility index (Phi) is 4.01. The molecule has 0 spiro atoms. The molecule has 0 amide bonds. The van der Waals surface area contributed by atoms with Gasteiger partial charge in [0.1, 0.15) is 5.75 Å². The van der Waals surface area contributed by atoms with E-state index in [2.05, 4.69) is 15.9 Å². The Morgan fingerprint density at radius 1 is 1.16 bits per heavy atom. The van der Waals surface area contributed by atoms with Crippen molar-refractivity contribution in [2.24, 2.45) is 0 Å². The van der Waals surface area contributed by atoms with E-state index in [1.54, 1.807) is 24.3 Å². The Morgan fingerprint density at radius 2 is 1.84 bits per heavy atom. The molecular weight excluding hydrogens is 314 g/mol. The van der Waals surface area contributed by atoms with E-state index in [9.17, 15) is 10.1 Å². The predicted molar refractivity (Wildman–Crippen MR) is 73.9 cm³/mol. The summed E-state index contributed by atoms with van der Waals surface area (Å²) < 4.78 is 11.3. The maximum Gasteiger partial charge on any atom is 0.274 e. The number of halogens is 1. The summed E-state index contributed by atoms with van der Waals surface area (Å²) in [5.41, 5.74) is -0.0423. The Balaban J connectivity index is 2.35. The quantitative estimate of drug-likeness (QED) is 0.626. The molecule has 5 nitrogen and oxygen atoms in total. The zero-order chi connectivity index (χ0) is 13.8. The molecule has 0 saturated carbocycles. The van der Waals surface area contributed by atoms with Gasteiger partial charge in [-0.05, 0) is 18.2 Å². The standard InChI is InChI=1S/C13H10BrNO4/c1-18-12-4-2-3-5-13(12)19-11-7-9(14)6-10(8-11)15(16)17/h2-8H,1H3. The molecule has 0 atom stereocenters. The fourth-order valence-corrected chi connectivity index (χ4v) is 2.00. The van der Waals surface area contributed by atoms with Gasteiger partial charge in [-0.2, -0.15) is 0 Å². The van der Waals surface area contributed by atoms with E-state index in [1.807, 2.05) is 6.07 Å². The van der Waals surface area contributed by atoms with Crippen LogP contribution in [-0.2, 0) is 0 Å². The Labute approximate surface area is 118 Å². The van der Waals surface area contributed by atoms with Crippen LogP contribution in [0.1, 0.15) is 0 Å². The number of methoxy groups -OCH3 is 1. The molecule has 98 valence electrons. The van der Waals surface area contributed by atoms with Gasteiger partial charge in [-0.3, -0.25) is 10.1 Å². The molecule has 0 N–H and O–H groups in total. The summed E-state index contributed by atoms with van der Waals surface area (Å²) in [7, 11) is 1.53. The second-order valence-electron chi connectivity index (χ2n) is 3.66. The second-order valence-corrected chi connectivity index (χ2v) is 4.57. The third kappa shape index (κ3) is 3.23. The lowest BCUT2D eigenvalue weighted by Gasteiger charge is -2.10. The van der Waals surface area contributed by atoms with E-state index in [-0.39, 0.29) is 5.69 Å². The smallest absolute Gasteiger partial charge is 0.274 e. The molecule has 2 aromatic rings. The van der Waals surface area contributed by atoms with Crippen molar-refractivity contribution in [1.29, 1.82) is 0 Å². The highest BCUT2D eigenvalue weighted by Crippen LogP contribution is 2.34. The zero-order valence-electron chi connectivity index (χ0n) is 10.00. The number of benzene rings is 2. The van der Waals surface area contributed by atoms with Crippen molar-refractivity contribution in [2.75, 3.05) is 7.11 Å². The van der Waals surface area contributed by atoms with E-state index < -0.39 is 4.92 Å². The molecule has 0 heterocycles. The molecule has 0 bridgehead atoms. The van der Waals surface area contributed by atoms with Gasteiger partial charge in [0.25, 0.3) is 5.69 Å². The van der Waals surface area contributed by atoms with Crippen molar-refractivity contribution < 1.29 is 14.4 Å². The molecule has 2 aromatic carbocycles. The Morgan fingerprint density at radius 3 is 2.47 bits per heavy atom. The summed E-state index contributed by atoms with van der Waals surface area (Å²) in [6.07, 6.45) is 0. The number of nitrogens with zero attached hydrogens (tertiary/aromatic N) is 1. The first-order valence-corrected chi connectivity index (χ1v) is 6.15. The first-order valence-electron chi connectivity index (χ1n) is 5.36. The molecule has 0 aliphatic heterocycles. The molecule has 0 radical (unpaired) electrons. The molecule has 0 aliphatic carbocycles. The highest BCUT2D eigenvalue weighted by atomic mass is 79.9.